The molecule has 1 amide bonds. The Morgan fingerprint density at radius 1 is 1.25 bits per heavy atom. The van der Waals surface area contributed by atoms with Gasteiger partial charge in [-0.1, -0.05) is 13.8 Å². The van der Waals surface area contributed by atoms with Crippen LogP contribution in [0.2, 0.25) is 0 Å². The number of likely N-dealkylation sites (N-methyl/N-ethyl adjacent to an activating group) is 1. The minimum absolute atomic E-state index is 0.0426. The summed E-state index contributed by atoms with van der Waals surface area (Å²) in [5.74, 6) is -0.333. The summed E-state index contributed by atoms with van der Waals surface area (Å²) in [5.41, 5.74) is 1.39. The van der Waals surface area contributed by atoms with Crippen molar-refractivity contribution in [3.63, 3.8) is 0 Å². The van der Waals surface area contributed by atoms with Gasteiger partial charge < -0.3 is 10.1 Å². The lowest BCUT2D eigenvalue weighted by Crippen LogP contribution is -2.37. The average Bonchev–Trinajstić information content (AvgIpc) is 2.86. The second-order valence-corrected chi connectivity index (χ2v) is 4.95. The van der Waals surface area contributed by atoms with E-state index >= 15 is 0 Å². The molecule has 0 fully saturated rings. The van der Waals surface area contributed by atoms with E-state index in [-0.39, 0.29) is 11.9 Å². The van der Waals surface area contributed by atoms with Gasteiger partial charge in [0.25, 0.3) is 0 Å². The smallest absolute Gasteiger partial charge is 0.335 e. The van der Waals surface area contributed by atoms with Crippen LogP contribution in [0.25, 0.3) is 0 Å². The summed E-state index contributed by atoms with van der Waals surface area (Å²) >= 11 is 0. The van der Waals surface area contributed by atoms with Crippen LogP contribution in [0.4, 0.5) is 0 Å². The summed E-state index contributed by atoms with van der Waals surface area (Å²) in [6, 6.07) is 0. The molecule has 0 aromatic rings. The van der Waals surface area contributed by atoms with Gasteiger partial charge in [-0.3, -0.25) is 9.69 Å². The fraction of sp³-hybridized carbons (Fsp3) is 0.733. The van der Waals surface area contributed by atoms with E-state index in [1.807, 2.05) is 6.92 Å². The number of hydrogen-bond donors (Lipinski definition) is 1. The summed E-state index contributed by atoms with van der Waals surface area (Å²) in [4.78, 5) is 25.9. The number of amides is 1. The van der Waals surface area contributed by atoms with Gasteiger partial charge in [-0.05, 0) is 45.7 Å². The van der Waals surface area contributed by atoms with E-state index in [9.17, 15) is 9.59 Å². The van der Waals surface area contributed by atoms with E-state index in [0.717, 1.165) is 38.0 Å². The highest BCUT2D eigenvalue weighted by Crippen LogP contribution is 2.25. The highest BCUT2D eigenvalue weighted by Gasteiger charge is 2.23. The van der Waals surface area contributed by atoms with Gasteiger partial charge in [0.05, 0.1) is 18.7 Å². The van der Waals surface area contributed by atoms with Gasteiger partial charge in [0.2, 0.25) is 5.91 Å². The zero-order chi connectivity index (χ0) is 15.0. The molecule has 0 saturated carbocycles. The molecule has 20 heavy (non-hydrogen) atoms. The third-order valence-electron chi connectivity index (χ3n) is 3.38. The van der Waals surface area contributed by atoms with Crippen molar-refractivity contribution in [2.45, 2.75) is 46.5 Å². The molecule has 5 heteroatoms. The van der Waals surface area contributed by atoms with Gasteiger partial charge in [0.15, 0.2) is 0 Å². The Labute approximate surface area is 121 Å². The van der Waals surface area contributed by atoms with Crippen LogP contribution in [0.1, 0.15) is 46.5 Å². The zero-order valence-corrected chi connectivity index (χ0v) is 12.8. The number of hydrogen-bond acceptors (Lipinski definition) is 4. The van der Waals surface area contributed by atoms with Gasteiger partial charge in [0, 0.05) is 5.70 Å². The highest BCUT2D eigenvalue weighted by molar-refractivity contribution is 5.91. The fourth-order valence-electron chi connectivity index (χ4n) is 2.40. The van der Waals surface area contributed by atoms with Crippen LogP contribution >= 0.6 is 0 Å². The Balaban J connectivity index is 2.59. The van der Waals surface area contributed by atoms with E-state index < -0.39 is 0 Å². The first-order valence-electron chi connectivity index (χ1n) is 7.53. The van der Waals surface area contributed by atoms with Crippen LogP contribution in [0, 0.1) is 0 Å². The van der Waals surface area contributed by atoms with Crippen LogP contribution in [-0.4, -0.2) is 43.0 Å². The minimum Gasteiger partial charge on any atom is -0.463 e. The third-order valence-corrected chi connectivity index (χ3v) is 3.38. The normalized spacial score (nSPS) is 14.8. The average molecular weight is 282 g/mol. The summed E-state index contributed by atoms with van der Waals surface area (Å²) < 4.78 is 5.02. The standard InChI is InChI=1S/C15H26N2O3/c1-4-10-17(5-2)11-14(18)16-13-9-7-8-12(13)15(19)20-6-3/h4-11H2,1-3H3,(H,16,18). The number of carbonyl (C=O) groups is 2. The van der Waals surface area contributed by atoms with Crippen LogP contribution in [0.3, 0.4) is 0 Å². The number of carbonyl (C=O) groups excluding carboxylic acids is 2. The largest absolute Gasteiger partial charge is 0.463 e. The molecule has 5 nitrogen and oxygen atoms in total. The molecule has 1 rings (SSSR count). The quantitative estimate of drug-likeness (QED) is 0.690. The fourth-order valence-corrected chi connectivity index (χ4v) is 2.40. The maximum absolute atomic E-state index is 12.0. The van der Waals surface area contributed by atoms with E-state index in [2.05, 4.69) is 17.1 Å². The Hall–Kier alpha value is -1.36. The lowest BCUT2D eigenvalue weighted by atomic mass is 10.2. The summed E-state index contributed by atoms with van der Waals surface area (Å²) in [5, 5.41) is 2.89. The Morgan fingerprint density at radius 3 is 2.60 bits per heavy atom. The Kier molecular flexibility index (Phi) is 7.30. The highest BCUT2D eigenvalue weighted by atomic mass is 16.5. The zero-order valence-electron chi connectivity index (χ0n) is 12.8. The predicted octanol–water partition coefficient (Wildman–Crippen LogP) is 1.84. The molecule has 1 aliphatic rings. The number of rotatable bonds is 8. The number of esters is 1. The van der Waals surface area contributed by atoms with Crippen molar-refractivity contribution < 1.29 is 14.3 Å². The summed E-state index contributed by atoms with van der Waals surface area (Å²) in [7, 11) is 0. The maximum Gasteiger partial charge on any atom is 0.335 e. The minimum atomic E-state index is -0.291. The monoisotopic (exact) mass is 282 g/mol. The number of nitrogens with one attached hydrogen (secondary N) is 1. The molecule has 0 heterocycles. The van der Waals surface area contributed by atoms with Crippen molar-refractivity contribution in [1.29, 1.82) is 0 Å². The number of nitrogens with zero attached hydrogens (tertiary/aromatic N) is 1. The molecule has 114 valence electrons. The van der Waals surface area contributed by atoms with Crippen molar-refractivity contribution in [1.82, 2.24) is 10.2 Å². The second kappa shape index (κ2) is 8.74. The summed E-state index contributed by atoms with van der Waals surface area (Å²) in [6.07, 6.45) is 3.37. The van der Waals surface area contributed by atoms with Crippen molar-refractivity contribution in [3.05, 3.63) is 11.3 Å². The molecule has 0 unspecified atom stereocenters. The predicted molar refractivity (Wildman–Crippen MR) is 78.1 cm³/mol. The van der Waals surface area contributed by atoms with Crippen molar-refractivity contribution in [3.8, 4) is 0 Å². The third kappa shape index (κ3) is 4.96. The molecule has 0 radical (unpaired) electrons. The molecule has 0 aliphatic heterocycles. The van der Waals surface area contributed by atoms with Crippen LogP contribution in [-0.2, 0) is 14.3 Å². The van der Waals surface area contributed by atoms with E-state index in [1.54, 1.807) is 6.92 Å². The van der Waals surface area contributed by atoms with E-state index in [0.29, 0.717) is 25.1 Å². The Morgan fingerprint density at radius 2 is 2.00 bits per heavy atom. The van der Waals surface area contributed by atoms with Crippen molar-refractivity contribution >= 4 is 11.9 Å². The van der Waals surface area contributed by atoms with Crippen molar-refractivity contribution in [2.24, 2.45) is 0 Å². The maximum atomic E-state index is 12.0. The van der Waals surface area contributed by atoms with E-state index in [4.69, 9.17) is 4.74 Å². The molecule has 0 saturated heterocycles. The number of allylic oxidation sites excluding steroid dienone is 1. The van der Waals surface area contributed by atoms with Crippen molar-refractivity contribution in [2.75, 3.05) is 26.2 Å². The first-order valence-corrected chi connectivity index (χ1v) is 7.53. The molecule has 0 bridgehead atoms. The van der Waals surface area contributed by atoms with Crippen LogP contribution in [0.5, 0.6) is 0 Å². The lowest BCUT2D eigenvalue weighted by Gasteiger charge is -2.19. The van der Waals surface area contributed by atoms with E-state index in [1.165, 1.54) is 0 Å². The molecule has 0 atom stereocenters. The SMILES string of the molecule is CCCN(CC)CC(=O)NC1=C(C(=O)OCC)CCC1. The molecule has 0 aromatic heterocycles. The first kappa shape index (κ1) is 16.7. The molecule has 1 N–H and O–H groups in total. The molecule has 0 aromatic carbocycles. The van der Waals surface area contributed by atoms with Crippen LogP contribution < -0.4 is 5.32 Å². The second-order valence-electron chi connectivity index (χ2n) is 4.95. The molecular formula is C15H26N2O3. The Bertz CT molecular complexity index is 377. The van der Waals surface area contributed by atoms with Gasteiger partial charge in [-0.15, -0.1) is 0 Å². The summed E-state index contributed by atoms with van der Waals surface area (Å²) in [6.45, 7) is 8.43. The molecule has 0 spiro atoms. The van der Waals surface area contributed by atoms with Gasteiger partial charge >= 0.3 is 5.97 Å². The molecular weight excluding hydrogens is 256 g/mol. The van der Waals surface area contributed by atoms with Gasteiger partial charge in [-0.25, -0.2) is 4.79 Å². The lowest BCUT2D eigenvalue weighted by molar-refractivity contribution is -0.138. The van der Waals surface area contributed by atoms with Gasteiger partial charge in [-0.2, -0.15) is 0 Å². The number of ether oxygens (including phenoxy) is 1. The topological polar surface area (TPSA) is 58.6 Å². The molecule has 1 aliphatic carbocycles. The van der Waals surface area contributed by atoms with Gasteiger partial charge in [0.1, 0.15) is 0 Å². The first-order chi connectivity index (χ1) is 9.62. The van der Waals surface area contributed by atoms with Crippen LogP contribution in [0.15, 0.2) is 11.3 Å².